The van der Waals surface area contributed by atoms with Crippen LogP contribution in [0, 0.1) is 0 Å². The molecule has 3 fully saturated rings. The van der Waals surface area contributed by atoms with Crippen molar-refractivity contribution in [3.8, 4) is 5.88 Å². The number of rotatable bonds is 8. The van der Waals surface area contributed by atoms with Crippen LogP contribution in [0.25, 0.3) is 0 Å². The summed E-state index contributed by atoms with van der Waals surface area (Å²) in [6.45, 7) is 0.476. The van der Waals surface area contributed by atoms with Crippen LogP contribution in [0.5, 0.6) is 5.88 Å². The van der Waals surface area contributed by atoms with Crippen molar-refractivity contribution in [1.29, 1.82) is 0 Å². The minimum atomic E-state index is -4.36. The van der Waals surface area contributed by atoms with Crippen LogP contribution in [0.2, 0.25) is 0 Å². The third-order valence-electron chi connectivity index (χ3n) is 6.84. The van der Waals surface area contributed by atoms with Crippen molar-refractivity contribution in [3.05, 3.63) is 95.7 Å². The lowest BCUT2D eigenvalue weighted by Gasteiger charge is -2.74. The minimum absolute atomic E-state index is 0.0159. The van der Waals surface area contributed by atoms with Crippen molar-refractivity contribution < 1.29 is 17.9 Å². The molecular formula is C26H25F3N2O. The molecule has 3 aliphatic carbocycles. The average molecular weight is 438 g/mol. The van der Waals surface area contributed by atoms with Crippen LogP contribution < -0.4 is 4.74 Å². The molecular weight excluding hydrogens is 413 g/mol. The van der Waals surface area contributed by atoms with Crippen molar-refractivity contribution >= 4 is 0 Å². The minimum Gasteiger partial charge on any atom is -0.468 e. The molecule has 0 saturated heterocycles. The van der Waals surface area contributed by atoms with Crippen molar-refractivity contribution in [2.45, 2.75) is 49.5 Å². The van der Waals surface area contributed by atoms with Crippen molar-refractivity contribution in [1.82, 2.24) is 9.88 Å². The highest BCUT2D eigenvalue weighted by molar-refractivity contribution is 5.42. The fourth-order valence-corrected chi connectivity index (χ4v) is 5.31. The van der Waals surface area contributed by atoms with Gasteiger partial charge in [-0.3, -0.25) is 4.90 Å². The zero-order valence-corrected chi connectivity index (χ0v) is 17.7. The zero-order chi connectivity index (χ0) is 22.2. The number of aromatic nitrogens is 1. The number of pyridine rings is 1. The van der Waals surface area contributed by atoms with Crippen LogP contribution in [0.3, 0.4) is 0 Å². The molecule has 166 valence electrons. The van der Waals surface area contributed by atoms with Gasteiger partial charge in [0.1, 0.15) is 0 Å². The summed E-state index contributed by atoms with van der Waals surface area (Å²) in [6.07, 6.45) is 0.466. The first kappa shape index (κ1) is 21.0. The van der Waals surface area contributed by atoms with Crippen LogP contribution >= 0.6 is 0 Å². The fourth-order valence-electron chi connectivity index (χ4n) is 5.31. The molecule has 6 rings (SSSR count). The second kappa shape index (κ2) is 7.93. The van der Waals surface area contributed by atoms with Crippen LogP contribution in [0.15, 0.2) is 79.0 Å². The summed E-state index contributed by atoms with van der Waals surface area (Å²) < 4.78 is 41.8. The predicted octanol–water partition coefficient (Wildman–Crippen LogP) is 5.90. The Morgan fingerprint density at radius 3 is 1.84 bits per heavy atom. The van der Waals surface area contributed by atoms with Gasteiger partial charge in [-0.05, 0) is 36.0 Å². The normalized spacial score (nSPS) is 24.0. The van der Waals surface area contributed by atoms with Gasteiger partial charge in [0, 0.05) is 36.3 Å². The molecule has 6 heteroatoms. The number of hydrogen-bond donors (Lipinski definition) is 0. The Morgan fingerprint density at radius 1 is 0.812 bits per heavy atom. The second-order valence-corrected chi connectivity index (χ2v) is 9.15. The predicted molar refractivity (Wildman–Crippen MR) is 116 cm³/mol. The zero-order valence-electron chi connectivity index (χ0n) is 17.7. The molecule has 0 amide bonds. The van der Waals surface area contributed by atoms with E-state index in [0.717, 1.165) is 37.9 Å². The van der Waals surface area contributed by atoms with E-state index in [0.29, 0.717) is 0 Å². The lowest BCUT2D eigenvalue weighted by molar-refractivity contribution is -0.178. The molecule has 0 unspecified atom stereocenters. The van der Waals surface area contributed by atoms with E-state index in [1.54, 1.807) is 12.3 Å². The van der Waals surface area contributed by atoms with Gasteiger partial charge in [0.25, 0.3) is 0 Å². The molecule has 3 aliphatic rings. The van der Waals surface area contributed by atoms with Gasteiger partial charge in [0.15, 0.2) is 6.61 Å². The largest absolute Gasteiger partial charge is 0.468 e. The maximum absolute atomic E-state index is 12.4. The van der Waals surface area contributed by atoms with Gasteiger partial charge in [-0.25, -0.2) is 4.98 Å². The lowest BCUT2D eigenvalue weighted by atomic mass is 9.37. The fraction of sp³-hybridized carbons (Fsp3) is 0.346. The average Bonchev–Trinajstić information content (AvgIpc) is 2.72. The summed E-state index contributed by atoms with van der Waals surface area (Å²) in [5, 5.41) is 0. The highest BCUT2D eigenvalue weighted by Crippen LogP contribution is 2.70. The summed E-state index contributed by atoms with van der Waals surface area (Å²) in [5.41, 5.74) is 3.95. The van der Waals surface area contributed by atoms with Gasteiger partial charge >= 0.3 is 6.18 Å². The standard InChI is InChI=1S/C26H25F3N2O/c27-26(28,29)19-32-23-12-11-22(13-30-23)24-16-25(17-24,18-24)31(14-20-7-3-1-4-8-20)15-21-9-5-2-6-10-21/h1-13H,14-19H2. The van der Waals surface area contributed by atoms with E-state index in [9.17, 15) is 13.2 Å². The Labute approximate surface area is 185 Å². The molecule has 0 aliphatic heterocycles. The Bertz CT molecular complexity index is 991. The van der Waals surface area contributed by atoms with Crippen LogP contribution in [-0.4, -0.2) is 28.2 Å². The number of halogens is 3. The van der Waals surface area contributed by atoms with Gasteiger partial charge in [-0.2, -0.15) is 13.2 Å². The van der Waals surface area contributed by atoms with E-state index >= 15 is 0 Å². The van der Waals surface area contributed by atoms with Crippen LogP contribution in [-0.2, 0) is 18.5 Å². The lowest BCUT2D eigenvalue weighted by Crippen LogP contribution is -2.76. The summed E-state index contributed by atoms with van der Waals surface area (Å²) in [5.74, 6) is 0.0159. The smallest absolute Gasteiger partial charge is 0.422 e. The van der Waals surface area contributed by atoms with Crippen molar-refractivity contribution in [3.63, 3.8) is 0 Å². The highest BCUT2D eigenvalue weighted by Gasteiger charge is 2.70. The van der Waals surface area contributed by atoms with E-state index in [1.165, 1.54) is 11.1 Å². The maximum atomic E-state index is 12.4. The van der Waals surface area contributed by atoms with E-state index in [1.807, 2.05) is 18.2 Å². The summed E-state index contributed by atoms with van der Waals surface area (Å²) in [7, 11) is 0. The molecule has 3 saturated carbocycles. The molecule has 0 spiro atoms. The third-order valence-corrected chi connectivity index (χ3v) is 6.84. The second-order valence-electron chi connectivity index (χ2n) is 9.15. The van der Waals surface area contributed by atoms with Gasteiger partial charge in [0.2, 0.25) is 5.88 Å². The van der Waals surface area contributed by atoms with Crippen LogP contribution in [0.1, 0.15) is 36.0 Å². The molecule has 0 atom stereocenters. The maximum Gasteiger partial charge on any atom is 0.422 e. The molecule has 2 bridgehead atoms. The monoisotopic (exact) mass is 438 g/mol. The SMILES string of the molecule is FC(F)(F)COc1ccc(C23CC(N(Cc4ccccc4)Cc4ccccc4)(C2)C3)cn1. The molecule has 1 aromatic heterocycles. The third kappa shape index (κ3) is 4.11. The first-order valence-electron chi connectivity index (χ1n) is 10.9. The summed E-state index contributed by atoms with van der Waals surface area (Å²) in [4.78, 5) is 6.71. The Hall–Kier alpha value is -2.86. The van der Waals surface area contributed by atoms with Gasteiger partial charge in [0.05, 0.1) is 0 Å². The quantitative estimate of drug-likeness (QED) is 0.438. The molecule has 3 aromatic rings. The first-order chi connectivity index (χ1) is 15.4. The Kier molecular flexibility index (Phi) is 5.20. The number of alkyl halides is 3. The highest BCUT2D eigenvalue weighted by atomic mass is 19.4. The van der Waals surface area contributed by atoms with E-state index in [4.69, 9.17) is 4.74 Å². The molecule has 0 radical (unpaired) electrons. The molecule has 1 heterocycles. The van der Waals surface area contributed by atoms with E-state index in [2.05, 4.69) is 58.4 Å². The van der Waals surface area contributed by atoms with E-state index in [-0.39, 0.29) is 16.8 Å². The van der Waals surface area contributed by atoms with Gasteiger partial charge in [-0.1, -0.05) is 66.7 Å². The molecule has 3 nitrogen and oxygen atoms in total. The van der Waals surface area contributed by atoms with Crippen molar-refractivity contribution in [2.24, 2.45) is 0 Å². The first-order valence-corrected chi connectivity index (χ1v) is 10.9. The number of benzene rings is 2. The number of nitrogens with zero attached hydrogens (tertiary/aromatic N) is 2. The van der Waals surface area contributed by atoms with Gasteiger partial charge < -0.3 is 4.74 Å². The summed E-state index contributed by atoms with van der Waals surface area (Å²) >= 11 is 0. The van der Waals surface area contributed by atoms with Gasteiger partial charge in [-0.15, -0.1) is 0 Å². The Morgan fingerprint density at radius 2 is 1.38 bits per heavy atom. The topological polar surface area (TPSA) is 25.4 Å². The Balaban J connectivity index is 1.28. The molecule has 2 aromatic carbocycles. The molecule has 0 N–H and O–H groups in total. The summed E-state index contributed by atoms with van der Waals surface area (Å²) in [6, 6.07) is 24.5. The molecule has 32 heavy (non-hydrogen) atoms. The van der Waals surface area contributed by atoms with E-state index < -0.39 is 12.8 Å². The van der Waals surface area contributed by atoms with Crippen molar-refractivity contribution in [2.75, 3.05) is 6.61 Å². The number of ether oxygens (including phenoxy) is 1. The number of hydrogen-bond acceptors (Lipinski definition) is 3. The van der Waals surface area contributed by atoms with Crippen LogP contribution in [0.4, 0.5) is 13.2 Å².